The quantitative estimate of drug-likeness (QED) is 0.726. The third kappa shape index (κ3) is 2.20. The highest BCUT2D eigenvalue weighted by Gasteiger charge is 2.09. The summed E-state index contributed by atoms with van der Waals surface area (Å²) in [6.45, 7) is 2.10. The van der Waals surface area contributed by atoms with Crippen molar-refractivity contribution in [2.75, 3.05) is 7.11 Å². The topological polar surface area (TPSA) is 65.2 Å². The molecule has 0 saturated carbocycles. The second-order valence-electron chi connectivity index (χ2n) is 4.45. The summed E-state index contributed by atoms with van der Waals surface area (Å²) in [5.41, 5.74) is 1.75. The van der Waals surface area contributed by atoms with Crippen molar-refractivity contribution in [2.45, 2.75) is 19.8 Å². The molecule has 6 nitrogen and oxygen atoms in total. The van der Waals surface area contributed by atoms with Gasteiger partial charge in [0.25, 0.3) is 5.78 Å². The highest BCUT2D eigenvalue weighted by molar-refractivity contribution is 5.60. The first-order valence-electron chi connectivity index (χ1n) is 6.53. The number of nitrogens with zero attached hydrogens (tertiary/aromatic N) is 5. The average molecular weight is 269 g/mol. The fourth-order valence-corrected chi connectivity index (χ4v) is 2.02. The monoisotopic (exact) mass is 269 g/mol. The average Bonchev–Trinajstić information content (AvgIpc) is 2.90. The molecule has 2 heterocycles. The van der Waals surface area contributed by atoms with Crippen molar-refractivity contribution in [3.8, 4) is 17.0 Å². The first-order chi connectivity index (χ1) is 9.81. The summed E-state index contributed by atoms with van der Waals surface area (Å²) in [6.07, 6.45) is 3.58. The van der Waals surface area contributed by atoms with Gasteiger partial charge in [0.05, 0.1) is 19.0 Å². The Morgan fingerprint density at radius 3 is 2.65 bits per heavy atom. The summed E-state index contributed by atoms with van der Waals surface area (Å²) < 4.78 is 6.83. The summed E-state index contributed by atoms with van der Waals surface area (Å²) in [7, 11) is 1.65. The van der Waals surface area contributed by atoms with Crippen LogP contribution in [0.15, 0.2) is 30.5 Å². The predicted octanol–water partition coefficient (Wildman–Crippen LogP) is 2.15. The maximum atomic E-state index is 5.14. The van der Waals surface area contributed by atoms with Crippen LogP contribution in [0.5, 0.6) is 5.75 Å². The van der Waals surface area contributed by atoms with E-state index >= 15 is 0 Å². The standard InChI is InChI=1S/C14H15N5O/c1-3-4-13-17-18-14-16-12(9-15-19(13)14)10-5-7-11(20-2)8-6-10/h5-9H,3-4H2,1-2H3. The molecule has 0 spiro atoms. The van der Waals surface area contributed by atoms with Gasteiger partial charge in [-0.3, -0.25) is 0 Å². The largest absolute Gasteiger partial charge is 0.497 e. The minimum Gasteiger partial charge on any atom is -0.497 e. The molecule has 0 aliphatic rings. The fourth-order valence-electron chi connectivity index (χ4n) is 2.02. The van der Waals surface area contributed by atoms with E-state index in [0.29, 0.717) is 5.78 Å². The van der Waals surface area contributed by atoms with Gasteiger partial charge < -0.3 is 4.74 Å². The Hall–Kier alpha value is -2.50. The number of aromatic nitrogens is 5. The molecule has 102 valence electrons. The van der Waals surface area contributed by atoms with Gasteiger partial charge in [-0.15, -0.1) is 10.2 Å². The molecule has 0 unspecified atom stereocenters. The molecule has 0 radical (unpaired) electrons. The van der Waals surface area contributed by atoms with Crippen LogP contribution in [0.25, 0.3) is 17.0 Å². The van der Waals surface area contributed by atoms with E-state index in [2.05, 4.69) is 27.2 Å². The van der Waals surface area contributed by atoms with Crippen LogP contribution in [0.2, 0.25) is 0 Å². The van der Waals surface area contributed by atoms with Crippen LogP contribution < -0.4 is 4.74 Å². The van der Waals surface area contributed by atoms with Gasteiger partial charge in [0.1, 0.15) is 5.75 Å². The third-order valence-electron chi connectivity index (χ3n) is 3.06. The first-order valence-corrected chi connectivity index (χ1v) is 6.53. The van der Waals surface area contributed by atoms with Crippen molar-refractivity contribution >= 4 is 5.78 Å². The molecule has 0 fully saturated rings. The number of fused-ring (bicyclic) bond motifs is 1. The molecular weight excluding hydrogens is 254 g/mol. The molecule has 0 N–H and O–H groups in total. The summed E-state index contributed by atoms with van der Waals surface area (Å²) in [5, 5.41) is 12.6. The fraction of sp³-hybridized carbons (Fsp3) is 0.286. The molecule has 0 aliphatic heterocycles. The number of ether oxygens (including phenoxy) is 1. The van der Waals surface area contributed by atoms with E-state index < -0.39 is 0 Å². The smallest absolute Gasteiger partial charge is 0.272 e. The van der Waals surface area contributed by atoms with E-state index in [1.807, 2.05) is 24.3 Å². The minimum absolute atomic E-state index is 0.529. The maximum absolute atomic E-state index is 5.14. The second-order valence-corrected chi connectivity index (χ2v) is 4.45. The Kier molecular flexibility index (Phi) is 3.28. The number of hydrogen-bond acceptors (Lipinski definition) is 5. The van der Waals surface area contributed by atoms with Gasteiger partial charge in [-0.05, 0) is 30.7 Å². The summed E-state index contributed by atoms with van der Waals surface area (Å²) >= 11 is 0. The summed E-state index contributed by atoms with van der Waals surface area (Å²) in [5.74, 6) is 2.19. The number of rotatable bonds is 4. The molecule has 2 aromatic heterocycles. The normalized spacial score (nSPS) is 10.9. The molecule has 1 aromatic carbocycles. The third-order valence-corrected chi connectivity index (χ3v) is 3.06. The molecule has 3 rings (SSSR count). The Morgan fingerprint density at radius 2 is 1.95 bits per heavy atom. The molecule has 0 aliphatic carbocycles. The second kappa shape index (κ2) is 5.24. The lowest BCUT2D eigenvalue weighted by Crippen LogP contribution is -2.00. The van der Waals surface area contributed by atoms with Gasteiger partial charge in [-0.25, -0.2) is 4.98 Å². The zero-order valence-electron chi connectivity index (χ0n) is 11.4. The van der Waals surface area contributed by atoms with Crippen molar-refractivity contribution in [1.82, 2.24) is 24.8 Å². The Morgan fingerprint density at radius 1 is 1.15 bits per heavy atom. The van der Waals surface area contributed by atoms with E-state index in [1.165, 1.54) is 0 Å². The lowest BCUT2D eigenvalue weighted by molar-refractivity contribution is 0.415. The van der Waals surface area contributed by atoms with Crippen molar-refractivity contribution < 1.29 is 4.74 Å². The summed E-state index contributed by atoms with van der Waals surface area (Å²) in [6, 6.07) is 7.69. The van der Waals surface area contributed by atoms with E-state index in [-0.39, 0.29) is 0 Å². The SMILES string of the molecule is CCCc1nnc2nc(-c3ccc(OC)cc3)cnn12. The predicted molar refractivity (Wildman–Crippen MR) is 74.6 cm³/mol. The van der Waals surface area contributed by atoms with Crippen LogP contribution in [0.1, 0.15) is 19.2 Å². The van der Waals surface area contributed by atoms with Crippen LogP contribution in [-0.4, -0.2) is 31.9 Å². The van der Waals surface area contributed by atoms with Crippen LogP contribution in [0, 0.1) is 0 Å². The minimum atomic E-state index is 0.529. The van der Waals surface area contributed by atoms with Gasteiger partial charge in [0, 0.05) is 12.0 Å². The Bertz CT molecular complexity index is 720. The van der Waals surface area contributed by atoms with Gasteiger partial charge in [0.2, 0.25) is 0 Å². The number of methoxy groups -OCH3 is 1. The lowest BCUT2D eigenvalue weighted by Gasteiger charge is -2.03. The van der Waals surface area contributed by atoms with Crippen LogP contribution in [-0.2, 0) is 6.42 Å². The van der Waals surface area contributed by atoms with Crippen LogP contribution in [0.4, 0.5) is 0 Å². The molecule has 3 aromatic rings. The molecule has 0 amide bonds. The summed E-state index contributed by atoms with van der Waals surface area (Å²) in [4.78, 5) is 4.49. The number of aryl methyl sites for hydroxylation is 1. The van der Waals surface area contributed by atoms with Gasteiger partial charge >= 0.3 is 0 Å². The highest BCUT2D eigenvalue weighted by atomic mass is 16.5. The lowest BCUT2D eigenvalue weighted by atomic mass is 10.1. The highest BCUT2D eigenvalue weighted by Crippen LogP contribution is 2.20. The molecule has 6 heteroatoms. The van der Waals surface area contributed by atoms with E-state index in [1.54, 1.807) is 17.8 Å². The molecule has 0 atom stereocenters. The molecule has 0 saturated heterocycles. The van der Waals surface area contributed by atoms with Gasteiger partial charge in [-0.2, -0.15) is 9.61 Å². The molecular formula is C14H15N5O. The zero-order valence-corrected chi connectivity index (χ0v) is 11.4. The van der Waals surface area contributed by atoms with Crippen LogP contribution in [0.3, 0.4) is 0 Å². The molecule has 0 bridgehead atoms. The molecule has 20 heavy (non-hydrogen) atoms. The van der Waals surface area contributed by atoms with Gasteiger partial charge in [-0.1, -0.05) is 6.92 Å². The zero-order chi connectivity index (χ0) is 13.9. The van der Waals surface area contributed by atoms with Crippen LogP contribution >= 0.6 is 0 Å². The Balaban J connectivity index is 1.99. The maximum Gasteiger partial charge on any atom is 0.272 e. The first kappa shape index (κ1) is 12.5. The van der Waals surface area contributed by atoms with Crippen molar-refractivity contribution in [3.63, 3.8) is 0 Å². The van der Waals surface area contributed by atoms with Gasteiger partial charge in [0.15, 0.2) is 5.82 Å². The Labute approximate surface area is 116 Å². The van der Waals surface area contributed by atoms with E-state index in [4.69, 9.17) is 4.74 Å². The number of benzene rings is 1. The van der Waals surface area contributed by atoms with E-state index in [0.717, 1.165) is 35.7 Å². The van der Waals surface area contributed by atoms with Crippen molar-refractivity contribution in [1.29, 1.82) is 0 Å². The van der Waals surface area contributed by atoms with Crippen molar-refractivity contribution in [3.05, 3.63) is 36.3 Å². The van der Waals surface area contributed by atoms with E-state index in [9.17, 15) is 0 Å². The number of hydrogen-bond donors (Lipinski definition) is 0. The van der Waals surface area contributed by atoms with Crippen molar-refractivity contribution in [2.24, 2.45) is 0 Å².